The summed E-state index contributed by atoms with van der Waals surface area (Å²) in [7, 11) is 10.9. The molecular formula is C28H32B6O2. The van der Waals surface area contributed by atoms with Crippen molar-refractivity contribution in [3.63, 3.8) is 0 Å². The molecule has 4 aromatic carbocycles. The van der Waals surface area contributed by atoms with E-state index in [2.05, 4.69) is 128 Å². The maximum absolute atomic E-state index is 6.34. The molecule has 0 spiro atoms. The Morgan fingerprint density at radius 3 is 1.67 bits per heavy atom. The molecule has 1 fully saturated rings. The molecule has 1 aliphatic rings. The number of benzene rings is 4. The molecule has 1 heterocycles. The lowest BCUT2D eigenvalue weighted by Crippen LogP contribution is -2.55. The van der Waals surface area contributed by atoms with Gasteiger partial charge in [-0.1, -0.05) is 71.6 Å². The van der Waals surface area contributed by atoms with Crippen LogP contribution in [-0.2, 0) is 9.31 Å². The highest BCUT2D eigenvalue weighted by atomic mass is 16.7. The molecule has 0 atom stereocenters. The van der Waals surface area contributed by atoms with Crippen LogP contribution >= 0.6 is 0 Å². The Morgan fingerprint density at radius 2 is 1.08 bits per heavy atom. The summed E-state index contributed by atoms with van der Waals surface area (Å²) in [5, 5.41) is 2.54. The van der Waals surface area contributed by atoms with Gasteiger partial charge in [-0.05, 0) is 66.2 Å². The minimum Gasteiger partial charge on any atom is -0.399 e. The van der Waals surface area contributed by atoms with Gasteiger partial charge in [-0.3, -0.25) is 0 Å². The third-order valence-corrected chi connectivity index (χ3v) is 8.92. The Bertz CT molecular complexity index is 1470. The molecule has 0 aliphatic carbocycles. The van der Waals surface area contributed by atoms with Crippen LogP contribution in [0.3, 0.4) is 0 Å². The average molecular weight is 465 g/mol. The fourth-order valence-electron chi connectivity index (χ4n) is 5.50. The molecule has 5 rings (SSSR count). The average Bonchev–Trinajstić information content (AvgIpc) is 3.08. The monoisotopic (exact) mass is 466 g/mol. The molecule has 0 aromatic heterocycles. The van der Waals surface area contributed by atoms with E-state index < -0.39 is 0 Å². The minimum atomic E-state index is -0.371. The van der Waals surface area contributed by atoms with Crippen LogP contribution in [0.15, 0.2) is 60.7 Å². The molecule has 0 N–H and O–H groups in total. The van der Waals surface area contributed by atoms with Crippen molar-refractivity contribution in [1.82, 2.24) is 0 Å². The molecule has 0 bridgehead atoms. The lowest BCUT2D eigenvalue weighted by molar-refractivity contribution is 0.00578. The first-order valence-electron chi connectivity index (χ1n) is 13.0. The van der Waals surface area contributed by atoms with E-state index in [0.717, 1.165) is 5.46 Å². The number of fused-ring (bicyclic) bond motifs is 1. The summed E-state index contributed by atoms with van der Waals surface area (Å²) in [6.07, 6.45) is 0. The predicted octanol–water partition coefficient (Wildman–Crippen LogP) is -2.23. The van der Waals surface area contributed by atoms with Crippen molar-refractivity contribution in [3.05, 3.63) is 60.7 Å². The molecule has 0 saturated carbocycles. The van der Waals surface area contributed by atoms with E-state index in [1.807, 2.05) is 0 Å². The van der Waals surface area contributed by atoms with Gasteiger partial charge in [0.1, 0.15) is 39.2 Å². The summed E-state index contributed by atoms with van der Waals surface area (Å²) in [6.45, 7) is 8.40. The van der Waals surface area contributed by atoms with Crippen molar-refractivity contribution in [2.45, 2.75) is 38.9 Å². The third-order valence-electron chi connectivity index (χ3n) is 8.92. The number of hydrogen-bond acceptors (Lipinski definition) is 2. The first kappa shape index (κ1) is 25.1. The summed E-state index contributed by atoms with van der Waals surface area (Å²) in [4.78, 5) is 0. The van der Waals surface area contributed by atoms with Gasteiger partial charge in [0, 0.05) is 0 Å². The van der Waals surface area contributed by atoms with Gasteiger partial charge in [-0.2, -0.15) is 0 Å². The highest BCUT2D eigenvalue weighted by Crippen LogP contribution is 2.37. The Balaban J connectivity index is 1.66. The van der Waals surface area contributed by atoms with Crippen LogP contribution in [-0.4, -0.2) is 57.6 Å². The zero-order chi connectivity index (χ0) is 26.0. The van der Waals surface area contributed by atoms with Crippen molar-refractivity contribution in [2.75, 3.05) is 0 Å². The van der Waals surface area contributed by atoms with E-state index in [4.69, 9.17) is 9.31 Å². The molecule has 1 saturated heterocycles. The Kier molecular flexibility index (Phi) is 6.13. The third kappa shape index (κ3) is 3.90. The molecule has 8 heteroatoms. The van der Waals surface area contributed by atoms with Crippen molar-refractivity contribution < 1.29 is 9.31 Å². The Labute approximate surface area is 220 Å². The van der Waals surface area contributed by atoms with Crippen molar-refractivity contribution in [3.8, 4) is 22.3 Å². The second kappa shape index (κ2) is 8.78. The first-order valence-corrected chi connectivity index (χ1v) is 13.0. The number of rotatable bonds is 3. The lowest BCUT2D eigenvalue weighted by Gasteiger charge is -2.32. The number of hydrogen-bond donors (Lipinski definition) is 0. The molecule has 0 amide bonds. The zero-order valence-corrected chi connectivity index (χ0v) is 23.2. The van der Waals surface area contributed by atoms with Crippen LogP contribution in [0.4, 0.5) is 0 Å². The van der Waals surface area contributed by atoms with Crippen LogP contribution < -0.4 is 32.8 Å². The van der Waals surface area contributed by atoms with Gasteiger partial charge in [0.25, 0.3) is 0 Å². The predicted molar refractivity (Wildman–Crippen MR) is 171 cm³/mol. The molecule has 0 unspecified atom stereocenters. The quantitative estimate of drug-likeness (QED) is 0.319. The first-order chi connectivity index (χ1) is 16.9. The van der Waals surface area contributed by atoms with Crippen LogP contribution in [0.2, 0.25) is 0 Å². The SMILES string of the molecule is Bc1c(B)c(B)c(-c2ccc(-c3cccc(B4OC(C)(C)C(C)(C)O4)c3)c3ccccc23)c(B)c1B. The van der Waals surface area contributed by atoms with E-state index >= 15 is 0 Å². The highest BCUT2D eigenvalue weighted by Gasteiger charge is 2.51. The van der Waals surface area contributed by atoms with Crippen LogP contribution in [0.1, 0.15) is 27.7 Å². The van der Waals surface area contributed by atoms with E-state index in [-0.39, 0.29) is 18.3 Å². The van der Waals surface area contributed by atoms with Gasteiger partial charge < -0.3 is 9.31 Å². The molecule has 174 valence electrons. The maximum atomic E-state index is 6.34. The van der Waals surface area contributed by atoms with Gasteiger partial charge in [-0.15, -0.1) is 16.4 Å². The van der Waals surface area contributed by atoms with E-state index in [1.165, 1.54) is 60.3 Å². The largest absolute Gasteiger partial charge is 0.494 e. The lowest BCUT2D eigenvalue weighted by atomic mass is 9.59. The Hall–Kier alpha value is -2.55. The standard InChI is InChI=1S/C28H32B6O2/c1-27(2)28(3,4)36-34(35-27)16-9-7-8-15(14-16)17-12-13-20(19-11-6-5-10-18(17)19)21-22(29)24(31)26(33)25(32)23(21)30/h5-14H,29-33H2,1-4H3. The van der Waals surface area contributed by atoms with E-state index in [0.29, 0.717) is 0 Å². The van der Waals surface area contributed by atoms with Gasteiger partial charge in [0.05, 0.1) is 11.2 Å². The Morgan fingerprint density at radius 1 is 0.583 bits per heavy atom. The smallest absolute Gasteiger partial charge is 0.399 e. The van der Waals surface area contributed by atoms with Crippen molar-refractivity contribution >= 4 is 89.9 Å². The van der Waals surface area contributed by atoms with Crippen molar-refractivity contribution in [2.24, 2.45) is 0 Å². The maximum Gasteiger partial charge on any atom is 0.494 e. The fraction of sp³-hybridized carbons (Fsp3) is 0.214. The molecule has 1 aliphatic heterocycles. The molecular weight excluding hydrogens is 433 g/mol. The fourth-order valence-corrected chi connectivity index (χ4v) is 5.50. The minimum absolute atomic E-state index is 0.359. The second-order valence-electron chi connectivity index (χ2n) is 11.4. The van der Waals surface area contributed by atoms with Crippen LogP contribution in [0.5, 0.6) is 0 Å². The summed E-state index contributed by atoms with van der Waals surface area (Å²) in [5.41, 5.74) is 12.3. The van der Waals surface area contributed by atoms with E-state index in [9.17, 15) is 0 Å². The summed E-state index contributed by atoms with van der Waals surface area (Å²) < 4.78 is 12.7. The van der Waals surface area contributed by atoms with Crippen LogP contribution in [0.25, 0.3) is 33.0 Å². The van der Waals surface area contributed by atoms with Gasteiger partial charge in [0.15, 0.2) is 0 Å². The second-order valence-corrected chi connectivity index (χ2v) is 11.4. The van der Waals surface area contributed by atoms with Crippen LogP contribution in [0, 0.1) is 0 Å². The van der Waals surface area contributed by atoms with Crippen molar-refractivity contribution in [1.29, 1.82) is 0 Å². The molecule has 36 heavy (non-hydrogen) atoms. The van der Waals surface area contributed by atoms with E-state index in [1.54, 1.807) is 0 Å². The zero-order valence-electron chi connectivity index (χ0n) is 23.2. The molecule has 2 nitrogen and oxygen atoms in total. The van der Waals surface area contributed by atoms with Gasteiger partial charge in [-0.25, -0.2) is 0 Å². The highest BCUT2D eigenvalue weighted by molar-refractivity contribution is 6.69. The summed E-state index contributed by atoms with van der Waals surface area (Å²) in [5.74, 6) is 0. The molecule has 4 aromatic rings. The summed E-state index contributed by atoms with van der Waals surface area (Å²) >= 11 is 0. The summed E-state index contributed by atoms with van der Waals surface area (Å²) in [6, 6.07) is 22.0. The molecule has 0 radical (unpaired) electrons. The van der Waals surface area contributed by atoms with Gasteiger partial charge >= 0.3 is 7.12 Å². The normalized spacial score (nSPS) is 16.5. The van der Waals surface area contributed by atoms with Gasteiger partial charge in [0.2, 0.25) is 0 Å². The topological polar surface area (TPSA) is 18.5 Å².